The van der Waals surface area contributed by atoms with Crippen LogP contribution in [-0.4, -0.2) is 24.7 Å². The number of amides is 1. The normalized spacial score (nSPS) is 10.6. The summed E-state index contributed by atoms with van der Waals surface area (Å²) in [7, 11) is 1.48. The third-order valence-corrected chi connectivity index (χ3v) is 3.19. The number of benzene rings is 2. The Bertz CT molecular complexity index is 651. The number of phenols is 1. The van der Waals surface area contributed by atoms with Crippen molar-refractivity contribution in [1.82, 2.24) is 5.32 Å². The second-order valence-corrected chi connectivity index (χ2v) is 4.79. The van der Waals surface area contributed by atoms with Gasteiger partial charge >= 0.3 is 0 Å². The number of methoxy groups -OCH3 is 1. The molecule has 0 aliphatic carbocycles. The summed E-state index contributed by atoms with van der Waals surface area (Å²) >= 11 is 0. The summed E-state index contributed by atoms with van der Waals surface area (Å²) in [6.07, 6.45) is 3.95. The highest BCUT2D eigenvalue weighted by atomic mass is 16.5. The van der Waals surface area contributed by atoms with Crippen LogP contribution in [0.25, 0.3) is 6.08 Å². The Hall–Kier alpha value is -2.75. The predicted octanol–water partition coefficient (Wildman–Crippen LogP) is 2.77. The van der Waals surface area contributed by atoms with Gasteiger partial charge in [-0.2, -0.15) is 0 Å². The highest BCUT2D eigenvalue weighted by Crippen LogP contribution is 2.26. The molecule has 2 N–H and O–H groups in total. The number of phenolic OH excluding ortho intramolecular Hbond substituents is 1. The second kappa shape index (κ2) is 7.88. The van der Waals surface area contributed by atoms with Crippen LogP contribution in [0.4, 0.5) is 0 Å². The summed E-state index contributed by atoms with van der Waals surface area (Å²) < 4.78 is 5.02. The summed E-state index contributed by atoms with van der Waals surface area (Å²) in [6, 6.07) is 14.9. The first kappa shape index (κ1) is 15.6. The molecule has 0 spiro atoms. The zero-order valence-electron chi connectivity index (χ0n) is 12.5. The van der Waals surface area contributed by atoms with E-state index < -0.39 is 0 Å². The van der Waals surface area contributed by atoms with E-state index in [9.17, 15) is 9.90 Å². The molecule has 2 aromatic rings. The van der Waals surface area contributed by atoms with Crippen LogP contribution < -0.4 is 10.1 Å². The Kier molecular flexibility index (Phi) is 5.60. The molecule has 4 nitrogen and oxygen atoms in total. The maximum absolute atomic E-state index is 11.7. The van der Waals surface area contributed by atoms with Gasteiger partial charge in [-0.05, 0) is 35.8 Å². The van der Waals surface area contributed by atoms with E-state index in [4.69, 9.17) is 4.74 Å². The smallest absolute Gasteiger partial charge is 0.244 e. The number of rotatable bonds is 6. The molecule has 4 heteroatoms. The van der Waals surface area contributed by atoms with E-state index in [1.165, 1.54) is 24.8 Å². The Balaban J connectivity index is 1.83. The molecular formula is C18H19NO3. The molecule has 0 aliphatic rings. The standard InChI is InChI=1S/C18H19NO3/c1-22-17-13-15(7-9-16(17)20)8-10-18(21)19-12-11-14-5-3-2-4-6-14/h2-10,13,20H,11-12H2,1H3,(H,19,21)/b10-8+. The van der Waals surface area contributed by atoms with Crippen LogP contribution in [0.3, 0.4) is 0 Å². The average Bonchev–Trinajstić information content (AvgIpc) is 2.55. The lowest BCUT2D eigenvalue weighted by Crippen LogP contribution is -2.23. The minimum atomic E-state index is -0.150. The summed E-state index contributed by atoms with van der Waals surface area (Å²) in [5.74, 6) is 0.307. The van der Waals surface area contributed by atoms with Crippen molar-refractivity contribution in [2.24, 2.45) is 0 Å². The van der Waals surface area contributed by atoms with Crippen LogP contribution in [0.1, 0.15) is 11.1 Å². The molecule has 0 aliphatic heterocycles. The number of ether oxygens (including phenoxy) is 1. The van der Waals surface area contributed by atoms with Gasteiger partial charge in [-0.3, -0.25) is 4.79 Å². The fraction of sp³-hybridized carbons (Fsp3) is 0.167. The SMILES string of the molecule is COc1cc(/C=C/C(=O)NCCc2ccccc2)ccc1O. The van der Waals surface area contributed by atoms with E-state index >= 15 is 0 Å². The van der Waals surface area contributed by atoms with Gasteiger partial charge in [0.15, 0.2) is 11.5 Å². The van der Waals surface area contributed by atoms with E-state index in [1.54, 1.807) is 18.2 Å². The first-order valence-electron chi connectivity index (χ1n) is 7.06. The van der Waals surface area contributed by atoms with Gasteiger partial charge < -0.3 is 15.2 Å². The van der Waals surface area contributed by atoms with Crippen LogP contribution in [-0.2, 0) is 11.2 Å². The topological polar surface area (TPSA) is 58.6 Å². The zero-order valence-corrected chi connectivity index (χ0v) is 12.5. The maximum Gasteiger partial charge on any atom is 0.244 e. The average molecular weight is 297 g/mol. The van der Waals surface area contributed by atoms with Gasteiger partial charge in [0.25, 0.3) is 0 Å². The third-order valence-electron chi connectivity index (χ3n) is 3.19. The molecule has 0 saturated heterocycles. The zero-order chi connectivity index (χ0) is 15.8. The second-order valence-electron chi connectivity index (χ2n) is 4.79. The number of nitrogens with one attached hydrogen (secondary N) is 1. The monoisotopic (exact) mass is 297 g/mol. The molecule has 0 aromatic heterocycles. The number of carbonyl (C=O) groups excluding carboxylic acids is 1. The summed E-state index contributed by atoms with van der Waals surface area (Å²) in [5, 5.41) is 12.3. The largest absolute Gasteiger partial charge is 0.504 e. The van der Waals surface area contributed by atoms with Gasteiger partial charge in [-0.1, -0.05) is 36.4 Å². The number of hydrogen-bond acceptors (Lipinski definition) is 3. The highest BCUT2D eigenvalue weighted by molar-refractivity contribution is 5.91. The lowest BCUT2D eigenvalue weighted by Gasteiger charge is -2.04. The first-order chi connectivity index (χ1) is 10.7. The van der Waals surface area contributed by atoms with Crippen molar-refractivity contribution in [3.8, 4) is 11.5 Å². The van der Waals surface area contributed by atoms with Crippen LogP contribution in [0.5, 0.6) is 11.5 Å². The Labute approximate surface area is 130 Å². The molecule has 0 fully saturated rings. The van der Waals surface area contributed by atoms with Crippen molar-refractivity contribution in [2.75, 3.05) is 13.7 Å². The number of aromatic hydroxyl groups is 1. The summed E-state index contributed by atoms with van der Waals surface area (Å²) in [4.78, 5) is 11.7. The van der Waals surface area contributed by atoms with Crippen LogP contribution in [0.2, 0.25) is 0 Å². The van der Waals surface area contributed by atoms with Gasteiger partial charge in [-0.25, -0.2) is 0 Å². The van der Waals surface area contributed by atoms with E-state index in [0.717, 1.165) is 12.0 Å². The molecule has 22 heavy (non-hydrogen) atoms. The van der Waals surface area contributed by atoms with Crippen molar-refractivity contribution in [2.45, 2.75) is 6.42 Å². The molecule has 0 atom stereocenters. The Morgan fingerprint density at radius 1 is 1.23 bits per heavy atom. The molecule has 0 saturated carbocycles. The maximum atomic E-state index is 11.7. The van der Waals surface area contributed by atoms with Gasteiger partial charge in [0, 0.05) is 12.6 Å². The molecule has 2 aromatic carbocycles. The lowest BCUT2D eigenvalue weighted by molar-refractivity contribution is -0.116. The molecule has 2 rings (SSSR count). The van der Waals surface area contributed by atoms with Gasteiger partial charge in [-0.15, -0.1) is 0 Å². The molecule has 1 amide bonds. The van der Waals surface area contributed by atoms with E-state index in [1.807, 2.05) is 30.3 Å². The fourth-order valence-corrected chi connectivity index (χ4v) is 2.00. The van der Waals surface area contributed by atoms with Crippen molar-refractivity contribution in [1.29, 1.82) is 0 Å². The molecular weight excluding hydrogens is 278 g/mol. The van der Waals surface area contributed by atoms with E-state index in [0.29, 0.717) is 12.3 Å². The van der Waals surface area contributed by atoms with Crippen LogP contribution in [0.15, 0.2) is 54.6 Å². The first-order valence-corrected chi connectivity index (χ1v) is 7.06. The van der Waals surface area contributed by atoms with Crippen molar-refractivity contribution in [3.05, 3.63) is 65.7 Å². The minimum Gasteiger partial charge on any atom is -0.504 e. The van der Waals surface area contributed by atoms with Crippen LogP contribution >= 0.6 is 0 Å². The van der Waals surface area contributed by atoms with Crippen molar-refractivity contribution < 1.29 is 14.6 Å². The molecule has 0 unspecified atom stereocenters. The molecule has 114 valence electrons. The van der Waals surface area contributed by atoms with E-state index in [2.05, 4.69) is 5.32 Å². The van der Waals surface area contributed by atoms with Gasteiger partial charge in [0.2, 0.25) is 5.91 Å². The lowest BCUT2D eigenvalue weighted by atomic mass is 10.1. The minimum absolute atomic E-state index is 0.0759. The quantitative estimate of drug-likeness (QED) is 0.806. The highest BCUT2D eigenvalue weighted by Gasteiger charge is 2.01. The Morgan fingerprint density at radius 3 is 2.73 bits per heavy atom. The molecule has 0 bridgehead atoms. The molecule has 0 radical (unpaired) electrons. The number of carbonyl (C=O) groups is 1. The number of hydrogen-bond donors (Lipinski definition) is 2. The van der Waals surface area contributed by atoms with Gasteiger partial charge in [0.05, 0.1) is 7.11 Å². The van der Waals surface area contributed by atoms with Crippen molar-refractivity contribution in [3.63, 3.8) is 0 Å². The third kappa shape index (κ3) is 4.66. The molecule has 0 heterocycles. The van der Waals surface area contributed by atoms with E-state index in [-0.39, 0.29) is 11.7 Å². The summed E-state index contributed by atoms with van der Waals surface area (Å²) in [6.45, 7) is 0.589. The fourth-order valence-electron chi connectivity index (χ4n) is 2.00. The summed E-state index contributed by atoms with van der Waals surface area (Å²) in [5.41, 5.74) is 1.97. The van der Waals surface area contributed by atoms with Crippen molar-refractivity contribution >= 4 is 12.0 Å². The Morgan fingerprint density at radius 2 is 2.00 bits per heavy atom. The van der Waals surface area contributed by atoms with Crippen LogP contribution in [0, 0.1) is 0 Å². The van der Waals surface area contributed by atoms with Gasteiger partial charge in [0.1, 0.15) is 0 Å². The predicted molar refractivity (Wildman–Crippen MR) is 86.8 cm³/mol.